The molecule has 0 unspecified atom stereocenters. The molecule has 122 valence electrons. The number of hydrogen-bond acceptors (Lipinski definition) is 4. The SMILES string of the molecule is CC(C)CCOc1cccn(CC(=O)N2CCNCC2)c1=O. The van der Waals surface area contributed by atoms with Gasteiger partial charge in [0.2, 0.25) is 5.91 Å². The van der Waals surface area contributed by atoms with E-state index in [4.69, 9.17) is 4.74 Å². The molecule has 6 nitrogen and oxygen atoms in total. The number of nitrogens with zero attached hydrogens (tertiary/aromatic N) is 2. The summed E-state index contributed by atoms with van der Waals surface area (Å²) >= 11 is 0. The minimum atomic E-state index is -0.241. The van der Waals surface area contributed by atoms with Gasteiger partial charge in [0.1, 0.15) is 6.54 Å². The predicted octanol–water partition coefficient (Wildman–Crippen LogP) is 0.705. The van der Waals surface area contributed by atoms with Crippen molar-refractivity contribution in [3.8, 4) is 5.75 Å². The van der Waals surface area contributed by atoms with Crippen molar-refractivity contribution in [2.45, 2.75) is 26.8 Å². The van der Waals surface area contributed by atoms with Gasteiger partial charge in [-0.3, -0.25) is 9.59 Å². The molecule has 1 aliphatic rings. The van der Waals surface area contributed by atoms with Crippen molar-refractivity contribution in [2.75, 3.05) is 32.8 Å². The van der Waals surface area contributed by atoms with E-state index in [1.807, 2.05) is 0 Å². The number of rotatable bonds is 6. The Kier molecular flexibility index (Phi) is 6.00. The molecule has 1 N–H and O–H groups in total. The number of aromatic nitrogens is 1. The third kappa shape index (κ3) is 4.59. The second kappa shape index (κ2) is 7.98. The van der Waals surface area contributed by atoms with Crippen LogP contribution in [0.5, 0.6) is 5.75 Å². The summed E-state index contributed by atoms with van der Waals surface area (Å²) in [5, 5.41) is 3.20. The molecule has 1 saturated heterocycles. The summed E-state index contributed by atoms with van der Waals surface area (Å²) in [7, 11) is 0. The van der Waals surface area contributed by atoms with Gasteiger partial charge in [0.05, 0.1) is 6.61 Å². The van der Waals surface area contributed by atoms with Gasteiger partial charge in [-0.1, -0.05) is 13.8 Å². The summed E-state index contributed by atoms with van der Waals surface area (Å²) in [5.74, 6) is 0.819. The Morgan fingerprint density at radius 3 is 2.77 bits per heavy atom. The molecule has 22 heavy (non-hydrogen) atoms. The van der Waals surface area contributed by atoms with E-state index in [0.717, 1.165) is 19.5 Å². The van der Waals surface area contributed by atoms with Crippen molar-refractivity contribution in [3.63, 3.8) is 0 Å². The van der Waals surface area contributed by atoms with Gasteiger partial charge in [0.15, 0.2) is 5.75 Å². The molecular formula is C16H25N3O3. The summed E-state index contributed by atoms with van der Waals surface area (Å²) in [4.78, 5) is 26.3. The van der Waals surface area contributed by atoms with Gasteiger partial charge in [-0.15, -0.1) is 0 Å². The molecule has 0 spiro atoms. The van der Waals surface area contributed by atoms with Gasteiger partial charge in [0.25, 0.3) is 5.56 Å². The molecule has 2 rings (SSSR count). The van der Waals surface area contributed by atoms with E-state index >= 15 is 0 Å². The molecule has 6 heteroatoms. The first kappa shape index (κ1) is 16.5. The van der Waals surface area contributed by atoms with Gasteiger partial charge < -0.3 is 19.5 Å². The second-order valence-electron chi connectivity index (χ2n) is 5.97. The quantitative estimate of drug-likeness (QED) is 0.840. The summed E-state index contributed by atoms with van der Waals surface area (Å²) in [6.45, 7) is 7.80. The Labute approximate surface area is 131 Å². The highest BCUT2D eigenvalue weighted by Gasteiger charge is 2.17. The van der Waals surface area contributed by atoms with Crippen LogP contribution in [0.4, 0.5) is 0 Å². The van der Waals surface area contributed by atoms with Crippen molar-refractivity contribution in [2.24, 2.45) is 5.92 Å². The lowest BCUT2D eigenvalue weighted by atomic mass is 10.1. The van der Waals surface area contributed by atoms with Crippen LogP contribution in [0, 0.1) is 5.92 Å². The first-order chi connectivity index (χ1) is 10.6. The zero-order chi connectivity index (χ0) is 15.9. The fraction of sp³-hybridized carbons (Fsp3) is 0.625. The third-order valence-electron chi connectivity index (χ3n) is 3.71. The zero-order valence-corrected chi connectivity index (χ0v) is 13.4. The summed E-state index contributed by atoms with van der Waals surface area (Å²) < 4.78 is 6.97. The third-order valence-corrected chi connectivity index (χ3v) is 3.71. The predicted molar refractivity (Wildman–Crippen MR) is 85.1 cm³/mol. The molecule has 0 bridgehead atoms. The van der Waals surface area contributed by atoms with Crippen LogP contribution in [0.1, 0.15) is 20.3 Å². The van der Waals surface area contributed by atoms with Crippen molar-refractivity contribution in [3.05, 3.63) is 28.7 Å². The maximum atomic E-state index is 12.3. The van der Waals surface area contributed by atoms with Crippen molar-refractivity contribution in [1.82, 2.24) is 14.8 Å². The number of nitrogens with one attached hydrogen (secondary N) is 1. The highest BCUT2D eigenvalue weighted by Crippen LogP contribution is 2.06. The molecule has 0 aliphatic carbocycles. The normalized spacial score (nSPS) is 15.1. The minimum absolute atomic E-state index is 0.0251. The molecule has 0 atom stereocenters. The largest absolute Gasteiger partial charge is 0.488 e. The van der Waals surface area contributed by atoms with Crippen LogP contribution in [-0.4, -0.2) is 48.2 Å². The monoisotopic (exact) mass is 307 g/mol. The molecule has 0 saturated carbocycles. The maximum Gasteiger partial charge on any atom is 0.293 e. The smallest absolute Gasteiger partial charge is 0.293 e. The molecular weight excluding hydrogens is 282 g/mol. The van der Waals surface area contributed by atoms with E-state index in [9.17, 15) is 9.59 Å². The lowest BCUT2D eigenvalue weighted by Crippen LogP contribution is -2.48. The van der Waals surface area contributed by atoms with Crippen molar-refractivity contribution < 1.29 is 9.53 Å². The Bertz CT molecular complexity index is 548. The van der Waals surface area contributed by atoms with Gasteiger partial charge in [0, 0.05) is 32.4 Å². The Morgan fingerprint density at radius 1 is 1.36 bits per heavy atom. The van der Waals surface area contributed by atoms with Crippen LogP contribution in [0.15, 0.2) is 23.1 Å². The highest BCUT2D eigenvalue weighted by molar-refractivity contribution is 5.76. The first-order valence-corrected chi connectivity index (χ1v) is 7.88. The Hall–Kier alpha value is -1.82. The molecule has 1 amide bonds. The van der Waals surface area contributed by atoms with Crippen LogP contribution < -0.4 is 15.6 Å². The number of ether oxygens (including phenoxy) is 1. The van der Waals surface area contributed by atoms with E-state index in [2.05, 4.69) is 19.2 Å². The summed E-state index contributed by atoms with van der Waals surface area (Å²) in [5.41, 5.74) is -0.241. The van der Waals surface area contributed by atoms with Gasteiger partial charge in [-0.25, -0.2) is 0 Å². The first-order valence-electron chi connectivity index (χ1n) is 7.88. The van der Waals surface area contributed by atoms with E-state index in [1.165, 1.54) is 4.57 Å². The maximum absolute atomic E-state index is 12.3. The average Bonchev–Trinajstić information content (AvgIpc) is 2.51. The van der Waals surface area contributed by atoms with Crippen LogP contribution >= 0.6 is 0 Å². The van der Waals surface area contributed by atoms with E-state index in [0.29, 0.717) is 31.4 Å². The summed E-state index contributed by atoms with van der Waals surface area (Å²) in [6.07, 6.45) is 2.53. The number of hydrogen-bond donors (Lipinski definition) is 1. The molecule has 2 heterocycles. The number of amides is 1. The molecule has 1 aromatic rings. The second-order valence-corrected chi connectivity index (χ2v) is 5.97. The summed E-state index contributed by atoms with van der Waals surface area (Å²) in [6, 6.07) is 3.41. The van der Waals surface area contributed by atoms with Crippen LogP contribution in [0.3, 0.4) is 0 Å². The van der Waals surface area contributed by atoms with Crippen LogP contribution in [0.25, 0.3) is 0 Å². The highest BCUT2D eigenvalue weighted by atomic mass is 16.5. The standard InChI is InChI=1S/C16H25N3O3/c1-13(2)5-11-22-14-4-3-8-19(16(14)21)12-15(20)18-9-6-17-7-10-18/h3-4,8,13,17H,5-7,9-12H2,1-2H3. The Morgan fingerprint density at radius 2 is 2.09 bits per heavy atom. The number of piperazine rings is 1. The topological polar surface area (TPSA) is 63.6 Å². The molecule has 1 fully saturated rings. The molecule has 1 aromatic heterocycles. The van der Waals surface area contributed by atoms with Gasteiger partial charge in [-0.05, 0) is 24.5 Å². The van der Waals surface area contributed by atoms with E-state index < -0.39 is 0 Å². The molecule has 0 aromatic carbocycles. The van der Waals surface area contributed by atoms with E-state index in [1.54, 1.807) is 23.2 Å². The van der Waals surface area contributed by atoms with Crippen LogP contribution in [0.2, 0.25) is 0 Å². The number of pyridine rings is 1. The number of carbonyl (C=O) groups is 1. The van der Waals surface area contributed by atoms with E-state index in [-0.39, 0.29) is 18.0 Å². The zero-order valence-electron chi connectivity index (χ0n) is 13.4. The average molecular weight is 307 g/mol. The fourth-order valence-electron chi connectivity index (χ4n) is 2.31. The van der Waals surface area contributed by atoms with Gasteiger partial charge >= 0.3 is 0 Å². The Balaban J connectivity index is 1.98. The fourth-order valence-corrected chi connectivity index (χ4v) is 2.31. The van der Waals surface area contributed by atoms with Crippen LogP contribution in [-0.2, 0) is 11.3 Å². The number of carbonyl (C=O) groups excluding carboxylic acids is 1. The van der Waals surface area contributed by atoms with Gasteiger partial charge in [-0.2, -0.15) is 0 Å². The van der Waals surface area contributed by atoms with Crippen molar-refractivity contribution >= 4 is 5.91 Å². The molecule has 1 aliphatic heterocycles. The molecule has 0 radical (unpaired) electrons. The van der Waals surface area contributed by atoms with Crippen molar-refractivity contribution in [1.29, 1.82) is 0 Å². The lowest BCUT2D eigenvalue weighted by molar-refractivity contribution is -0.132. The minimum Gasteiger partial charge on any atom is -0.488 e. The lowest BCUT2D eigenvalue weighted by Gasteiger charge is -2.27.